The average molecular weight is 591 g/mol. The third kappa shape index (κ3) is 7.53. The fraction of sp³-hybridized carbons (Fsp3) is 0.310. The fourth-order valence-corrected chi connectivity index (χ4v) is 5.88. The zero-order chi connectivity index (χ0) is 28.7. The van der Waals surface area contributed by atoms with Gasteiger partial charge in [-0.15, -0.1) is 0 Å². The molecule has 0 aliphatic heterocycles. The second kappa shape index (κ2) is 13.3. The lowest BCUT2D eigenvalue weighted by Gasteiger charge is -2.34. The summed E-state index contributed by atoms with van der Waals surface area (Å²) in [6.07, 6.45) is 0.342. The smallest absolute Gasteiger partial charge is 0.264 e. The Morgan fingerprint density at radius 2 is 1.56 bits per heavy atom. The van der Waals surface area contributed by atoms with E-state index in [4.69, 9.17) is 23.2 Å². The molecule has 7 nitrogen and oxygen atoms in total. The van der Waals surface area contributed by atoms with Crippen molar-refractivity contribution in [3.63, 3.8) is 0 Å². The Balaban J connectivity index is 2.09. The van der Waals surface area contributed by atoms with Gasteiger partial charge in [-0.1, -0.05) is 72.6 Å². The number of rotatable bonds is 11. The minimum atomic E-state index is -4.18. The summed E-state index contributed by atoms with van der Waals surface area (Å²) in [6.45, 7) is 7.02. The van der Waals surface area contributed by atoms with Crippen LogP contribution < -0.4 is 9.62 Å². The maximum Gasteiger partial charge on any atom is 0.264 e. The number of hydrogen-bond acceptors (Lipinski definition) is 4. The van der Waals surface area contributed by atoms with Crippen LogP contribution in [0.3, 0.4) is 0 Å². The highest BCUT2D eigenvalue weighted by molar-refractivity contribution is 7.92. The Bertz CT molecular complexity index is 1420. The number of benzene rings is 3. The first-order chi connectivity index (χ1) is 18.4. The predicted molar refractivity (Wildman–Crippen MR) is 157 cm³/mol. The Morgan fingerprint density at radius 1 is 0.923 bits per heavy atom. The number of halogens is 2. The molecule has 3 rings (SSSR count). The molecule has 3 aromatic carbocycles. The van der Waals surface area contributed by atoms with Crippen LogP contribution in [0.1, 0.15) is 38.3 Å². The predicted octanol–water partition coefficient (Wildman–Crippen LogP) is 5.83. The second-order valence-corrected chi connectivity index (χ2v) is 12.1. The van der Waals surface area contributed by atoms with Crippen LogP contribution in [0.15, 0.2) is 77.7 Å². The molecule has 0 bridgehead atoms. The summed E-state index contributed by atoms with van der Waals surface area (Å²) in [5, 5.41) is 3.29. The van der Waals surface area contributed by atoms with Gasteiger partial charge in [-0.3, -0.25) is 13.9 Å². The molecule has 208 valence electrons. The van der Waals surface area contributed by atoms with Gasteiger partial charge in [-0.25, -0.2) is 8.42 Å². The summed E-state index contributed by atoms with van der Waals surface area (Å²) in [5.41, 5.74) is 1.98. The van der Waals surface area contributed by atoms with Gasteiger partial charge < -0.3 is 10.2 Å². The number of nitrogens with zero attached hydrogens (tertiary/aromatic N) is 2. The zero-order valence-electron chi connectivity index (χ0n) is 22.4. The van der Waals surface area contributed by atoms with E-state index < -0.39 is 28.5 Å². The van der Waals surface area contributed by atoms with E-state index in [9.17, 15) is 18.0 Å². The number of carbonyl (C=O) groups is 2. The summed E-state index contributed by atoms with van der Waals surface area (Å²) in [7, 11) is -4.18. The quantitative estimate of drug-likeness (QED) is 0.305. The molecule has 0 radical (unpaired) electrons. The Labute approximate surface area is 240 Å². The van der Waals surface area contributed by atoms with E-state index in [2.05, 4.69) is 5.32 Å². The van der Waals surface area contributed by atoms with Crippen molar-refractivity contribution in [2.24, 2.45) is 0 Å². The summed E-state index contributed by atoms with van der Waals surface area (Å²) in [4.78, 5) is 28.7. The minimum Gasteiger partial charge on any atom is -0.352 e. The number of nitrogens with one attached hydrogen (secondary N) is 1. The van der Waals surface area contributed by atoms with Gasteiger partial charge in [0, 0.05) is 12.6 Å². The standard InChI is InChI=1S/C29H33Cl2N3O4S/c1-5-27(29(36)32-20(2)3)33(18-22-12-10-9-11-21(22)4)28(35)19-34(23-15-16-25(30)26(31)17-23)39(37,38)24-13-7-6-8-14-24/h6-17,20,27H,5,18-19H2,1-4H3,(H,32,36)/t27-/m0/s1. The van der Waals surface area contributed by atoms with Crippen molar-refractivity contribution in [2.45, 2.75) is 57.6 Å². The highest BCUT2D eigenvalue weighted by atomic mass is 35.5. The average Bonchev–Trinajstić information content (AvgIpc) is 2.89. The van der Waals surface area contributed by atoms with Gasteiger partial charge in [-0.2, -0.15) is 0 Å². The highest BCUT2D eigenvalue weighted by Crippen LogP contribution is 2.31. The molecule has 0 saturated heterocycles. The van der Waals surface area contributed by atoms with Crippen LogP contribution in [0.25, 0.3) is 0 Å². The van der Waals surface area contributed by atoms with Crippen LogP contribution >= 0.6 is 23.2 Å². The lowest BCUT2D eigenvalue weighted by Crippen LogP contribution is -2.53. The minimum absolute atomic E-state index is 0.0129. The van der Waals surface area contributed by atoms with Gasteiger partial charge in [0.1, 0.15) is 12.6 Å². The number of carbonyl (C=O) groups excluding carboxylic acids is 2. The van der Waals surface area contributed by atoms with E-state index in [1.807, 2.05) is 52.0 Å². The normalized spacial score (nSPS) is 12.2. The Morgan fingerprint density at radius 3 is 2.15 bits per heavy atom. The van der Waals surface area contributed by atoms with Gasteiger partial charge in [0.05, 0.1) is 20.6 Å². The fourth-order valence-electron chi connectivity index (χ4n) is 4.16. The first-order valence-electron chi connectivity index (χ1n) is 12.6. The molecule has 2 amide bonds. The van der Waals surface area contributed by atoms with Crippen LogP contribution in [-0.4, -0.2) is 43.8 Å². The molecule has 0 unspecified atom stereocenters. The number of anilines is 1. The van der Waals surface area contributed by atoms with Crippen LogP contribution in [0.5, 0.6) is 0 Å². The molecule has 0 heterocycles. The van der Waals surface area contributed by atoms with E-state index in [0.29, 0.717) is 6.42 Å². The maximum atomic E-state index is 14.0. The van der Waals surface area contributed by atoms with E-state index in [0.717, 1.165) is 15.4 Å². The Kier molecular flexibility index (Phi) is 10.4. The molecule has 0 saturated carbocycles. The number of hydrogen-bond donors (Lipinski definition) is 1. The zero-order valence-corrected chi connectivity index (χ0v) is 24.7. The van der Waals surface area contributed by atoms with Crippen molar-refractivity contribution < 1.29 is 18.0 Å². The van der Waals surface area contributed by atoms with Gasteiger partial charge in [0.2, 0.25) is 11.8 Å². The van der Waals surface area contributed by atoms with Gasteiger partial charge in [0.25, 0.3) is 10.0 Å². The van der Waals surface area contributed by atoms with Gasteiger partial charge in [-0.05, 0) is 68.7 Å². The largest absolute Gasteiger partial charge is 0.352 e. The van der Waals surface area contributed by atoms with E-state index in [1.54, 1.807) is 18.2 Å². The van der Waals surface area contributed by atoms with Gasteiger partial charge >= 0.3 is 0 Å². The summed E-state index contributed by atoms with van der Waals surface area (Å²) in [6, 6.07) is 18.9. The lowest BCUT2D eigenvalue weighted by atomic mass is 10.1. The molecular formula is C29H33Cl2N3O4S. The van der Waals surface area contributed by atoms with E-state index >= 15 is 0 Å². The second-order valence-electron chi connectivity index (χ2n) is 9.46. The van der Waals surface area contributed by atoms with Crippen LogP contribution in [0.2, 0.25) is 10.0 Å². The third-order valence-corrected chi connectivity index (χ3v) is 8.75. The third-order valence-electron chi connectivity index (χ3n) is 6.22. The van der Waals surface area contributed by atoms with Crippen LogP contribution in [0.4, 0.5) is 5.69 Å². The van der Waals surface area contributed by atoms with Crippen LogP contribution in [0, 0.1) is 6.92 Å². The summed E-state index contributed by atoms with van der Waals surface area (Å²) in [5.74, 6) is -0.837. The molecule has 1 N–H and O–H groups in total. The Hall–Kier alpha value is -3.07. The van der Waals surface area contributed by atoms with Crippen molar-refractivity contribution >= 4 is 50.7 Å². The summed E-state index contributed by atoms with van der Waals surface area (Å²) < 4.78 is 28.6. The van der Waals surface area contributed by atoms with Crippen molar-refractivity contribution in [3.05, 3.63) is 94.0 Å². The van der Waals surface area contributed by atoms with Crippen molar-refractivity contribution in [2.75, 3.05) is 10.8 Å². The number of aryl methyl sites for hydroxylation is 1. The molecule has 1 atom stereocenters. The monoisotopic (exact) mass is 589 g/mol. The summed E-state index contributed by atoms with van der Waals surface area (Å²) >= 11 is 12.3. The first-order valence-corrected chi connectivity index (χ1v) is 14.8. The number of amides is 2. The highest BCUT2D eigenvalue weighted by Gasteiger charge is 2.34. The molecule has 0 aliphatic rings. The number of sulfonamides is 1. The van der Waals surface area contributed by atoms with Crippen molar-refractivity contribution in [1.29, 1.82) is 0 Å². The van der Waals surface area contributed by atoms with Gasteiger partial charge in [0.15, 0.2) is 0 Å². The maximum absolute atomic E-state index is 14.0. The lowest BCUT2D eigenvalue weighted by molar-refractivity contribution is -0.140. The molecule has 0 aromatic heterocycles. The molecular weight excluding hydrogens is 557 g/mol. The van der Waals surface area contributed by atoms with E-state index in [-0.39, 0.29) is 39.1 Å². The van der Waals surface area contributed by atoms with Crippen LogP contribution in [-0.2, 0) is 26.2 Å². The SMILES string of the molecule is CC[C@@H](C(=O)NC(C)C)N(Cc1ccccc1C)C(=O)CN(c1ccc(Cl)c(Cl)c1)S(=O)(=O)c1ccccc1. The molecule has 0 fully saturated rings. The topological polar surface area (TPSA) is 86.8 Å². The molecule has 10 heteroatoms. The molecule has 0 spiro atoms. The van der Waals surface area contributed by atoms with Crippen molar-refractivity contribution in [3.8, 4) is 0 Å². The first kappa shape index (κ1) is 30.5. The molecule has 0 aliphatic carbocycles. The van der Waals surface area contributed by atoms with E-state index in [1.165, 1.54) is 35.2 Å². The molecule has 3 aromatic rings. The molecule has 39 heavy (non-hydrogen) atoms. The van der Waals surface area contributed by atoms with Crippen molar-refractivity contribution in [1.82, 2.24) is 10.2 Å².